The molecule has 1 amide bonds. The van der Waals surface area contributed by atoms with E-state index in [1.807, 2.05) is 75.4 Å². The van der Waals surface area contributed by atoms with Gasteiger partial charge in [0.25, 0.3) is 5.91 Å². The highest BCUT2D eigenvalue weighted by molar-refractivity contribution is 14.1. The summed E-state index contributed by atoms with van der Waals surface area (Å²) in [5.41, 5.74) is 6.60. The van der Waals surface area contributed by atoms with Gasteiger partial charge in [-0.3, -0.25) is 4.79 Å². The summed E-state index contributed by atoms with van der Waals surface area (Å²) in [5.74, 6) is 1.21. The zero-order valence-electron chi connectivity index (χ0n) is 17.2. The summed E-state index contributed by atoms with van der Waals surface area (Å²) in [5, 5.41) is 4.08. The lowest BCUT2D eigenvalue weighted by Gasteiger charge is -2.11. The van der Waals surface area contributed by atoms with Crippen LogP contribution in [0.3, 0.4) is 0 Å². The average molecular weight is 517 g/mol. The zero-order chi connectivity index (χ0) is 21.5. The molecular weight excluding hydrogens is 493 g/mol. The van der Waals surface area contributed by atoms with Gasteiger partial charge in [0.1, 0.15) is 11.5 Å². The van der Waals surface area contributed by atoms with Crippen molar-refractivity contribution < 1.29 is 14.3 Å². The van der Waals surface area contributed by atoms with Gasteiger partial charge < -0.3 is 14.0 Å². The van der Waals surface area contributed by atoms with E-state index in [4.69, 9.17) is 9.47 Å². The summed E-state index contributed by atoms with van der Waals surface area (Å²) in [6.45, 7) is 6.57. The first-order chi connectivity index (χ1) is 14.5. The highest BCUT2D eigenvalue weighted by atomic mass is 127. The number of aromatic nitrogens is 1. The van der Waals surface area contributed by atoms with Crippen LogP contribution in [0.15, 0.2) is 59.7 Å². The Balaban J connectivity index is 1.63. The van der Waals surface area contributed by atoms with Crippen molar-refractivity contribution in [2.75, 3.05) is 13.2 Å². The van der Waals surface area contributed by atoms with Gasteiger partial charge in [-0.2, -0.15) is 5.10 Å². The van der Waals surface area contributed by atoms with E-state index in [0.29, 0.717) is 12.4 Å². The maximum Gasteiger partial charge on any atom is 0.277 e. The Bertz CT molecular complexity index is 1040. The molecule has 1 aromatic heterocycles. The van der Waals surface area contributed by atoms with E-state index in [1.165, 1.54) is 0 Å². The Morgan fingerprint density at radius 1 is 1.13 bits per heavy atom. The fraction of sp³-hybridized carbons (Fsp3) is 0.217. The minimum Gasteiger partial charge on any atom is -0.494 e. The fourth-order valence-electron chi connectivity index (χ4n) is 3.08. The van der Waals surface area contributed by atoms with E-state index in [2.05, 4.69) is 37.7 Å². The highest BCUT2D eigenvalue weighted by Gasteiger charge is 2.10. The van der Waals surface area contributed by atoms with Gasteiger partial charge in [0.15, 0.2) is 6.61 Å². The minimum atomic E-state index is -0.314. The van der Waals surface area contributed by atoms with Crippen LogP contribution in [-0.4, -0.2) is 29.9 Å². The van der Waals surface area contributed by atoms with Crippen LogP contribution in [0.1, 0.15) is 23.9 Å². The summed E-state index contributed by atoms with van der Waals surface area (Å²) in [6.07, 6.45) is 1.65. The van der Waals surface area contributed by atoms with Gasteiger partial charge in [0.05, 0.1) is 16.4 Å². The normalized spacial score (nSPS) is 10.9. The van der Waals surface area contributed by atoms with Gasteiger partial charge in [0, 0.05) is 22.6 Å². The molecule has 0 bridgehead atoms. The van der Waals surface area contributed by atoms with Crippen molar-refractivity contribution in [2.45, 2.75) is 20.8 Å². The molecule has 7 heteroatoms. The van der Waals surface area contributed by atoms with E-state index in [1.54, 1.807) is 6.21 Å². The van der Waals surface area contributed by atoms with Crippen LogP contribution >= 0.6 is 22.6 Å². The molecule has 6 nitrogen and oxygen atoms in total. The van der Waals surface area contributed by atoms with Crippen LogP contribution in [0.2, 0.25) is 0 Å². The molecule has 2 aromatic carbocycles. The Kier molecular flexibility index (Phi) is 7.51. The van der Waals surface area contributed by atoms with E-state index < -0.39 is 0 Å². The third-order valence-corrected chi connectivity index (χ3v) is 5.36. The Hall–Kier alpha value is -2.81. The standard InChI is InChI=1S/C23H24IN3O3/c1-4-29-20-11-9-19(10-12-20)27-16(2)13-18(17(27)3)14-25-26-23(28)15-30-22-8-6-5-7-21(22)24/h5-14H,4,15H2,1-3H3,(H,26,28)/b25-14+. The lowest BCUT2D eigenvalue weighted by molar-refractivity contribution is -0.123. The SMILES string of the molecule is CCOc1ccc(-n2c(C)cc(/C=N/NC(=O)COc3ccccc3I)c2C)cc1. The third-order valence-electron chi connectivity index (χ3n) is 4.46. The number of rotatable bonds is 8. The van der Waals surface area contributed by atoms with Gasteiger partial charge in [-0.25, -0.2) is 5.43 Å². The summed E-state index contributed by atoms with van der Waals surface area (Å²) >= 11 is 2.17. The van der Waals surface area contributed by atoms with Crippen molar-refractivity contribution >= 4 is 34.7 Å². The predicted octanol–water partition coefficient (Wildman–Crippen LogP) is 4.63. The fourth-order valence-corrected chi connectivity index (χ4v) is 3.63. The molecule has 1 N–H and O–H groups in total. The van der Waals surface area contributed by atoms with Crippen LogP contribution in [0.25, 0.3) is 5.69 Å². The number of nitrogens with one attached hydrogen (secondary N) is 1. The number of benzene rings is 2. The molecule has 0 radical (unpaired) electrons. The van der Waals surface area contributed by atoms with Crippen LogP contribution in [-0.2, 0) is 4.79 Å². The van der Waals surface area contributed by atoms with Crippen molar-refractivity contribution in [3.8, 4) is 17.2 Å². The molecule has 0 aliphatic carbocycles. The molecule has 0 saturated heterocycles. The summed E-state index contributed by atoms with van der Waals surface area (Å²) in [6, 6.07) is 17.5. The van der Waals surface area contributed by atoms with Gasteiger partial charge >= 0.3 is 0 Å². The molecule has 3 aromatic rings. The summed E-state index contributed by atoms with van der Waals surface area (Å²) in [4.78, 5) is 12.0. The van der Waals surface area contributed by atoms with Crippen LogP contribution in [0.5, 0.6) is 11.5 Å². The number of hydrogen-bond acceptors (Lipinski definition) is 4. The molecule has 156 valence electrons. The largest absolute Gasteiger partial charge is 0.494 e. The highest BCUT2D eigenvalue weighted by Crippen LogP contribution is 2.22. The molecule has 0 aliphatic rings. The van der Waals surface area contributed by atoms with E-state index in [9.17, 15) is 4.79 Å². The van der Waals surface area contributed by atoms with Crippen LogP contribution in [0.4, 0.5) is 0 Å². The molecule has 3 rings (SSSR count). The lowest BCUT2D eigenvalue weighted by Crippen LogP contribution is -2.24. The Labute approximate surface area is 190 Å². The smallest absolute Gasteiger partial charge is 0.277 e. The van der Waals surface area contributed by atoms with Crippen molar-refractivity contribution in [3.63, 3.8) is 0 Å². The first-order valence-corrected chi connectivity index (χ1v) is 10.7. The molecule has 0 unspecified atom stereocenters. The number of hydrogen-bond donors (Lipinski definition) is 1. The zero-order valence-corrected chi connectivity index (χ0v) is 19.3. The second-order valence-electron chi connectivity index (χ2n) is 6.60. The number of halogens is 1. The number of carbonyl (C=O) groups is 1. The van der Waals surface area contributed by atoms with E-state index in [0.717, 1.165) is 32.0 Å². The molecule has 30 heavy (non-hydrogen) atoms. The quantitative estimate of drug-likeness (QED) is 0.269. The Morgan fingerprint density at radius 2 is 1.87 bits per heavy atom. The number of ether oxygens (including phenoxy) is 2. The van der Waals surface area contributed by atoms with Gasteiger partial charge in [-0.05, 0) is 85.8 Å². The number of carbonyl (C=O) groups excluding carboxylic acids is 1. The van der Waals surface area contributed by atoms with Gasteiger partial charge in [-0.15, -0.1) is 0 Å². The van der Waals surface area contributed by atoms with Crippen molar-refractivity contribution in [1.82, 2.24) is 9.99 Å². The van der Waals surface area contributed by atoms with Crippen LogP contribution in [0, 0.1) is 17.4 Å². The summed E-state index contributed by atoms with van der Waals surface area (Å²) < 4.78 is 14.1. The minimum absolute atomic E-state index is 0.0947. The van der Waals surface area contributed by atoms with Crippen molar-refractivity contribution in [2.24, 2.45) is 5.10 Å². The second-order valence-corrected chi connectivity index (χ2v) is 7.76. The monoisotopic (exact) mass is 517 g/mol. The van der Waals surface area contributed by atoms with Crippen molar-refractivity contribution in [1.29, 1.82) is 0 Å². The molecule has 1 heterocycles. The maximum atomic E-state index is 12.0. The van der Waals surface area contributed by atoms with Crippen LogP contribution < -0.4 is 14.9 Å². The molecule has 0 saturated carbocycles. The molecule has 0 fully saturated rings. The van der Waals surface area contributed by atoms with Gasteiger partial charge in [0.2, 0.25) is 0 Å². The third kappa shape index (κ3) is 5.41. The number of aryl methyl sites for hydroxylation is 1. The molecular formula is C23H24IN3O3. The number of para-hydroxylation sites is 1. The topological polar surface area (TPSA) is 64.8 Å². The van der Waals surface area contributed by atoms with E-state index >= 15 is 0 Å². The summed E-state index contributed by atoms with van der Waals surface area (Å²) in [7, 11) is 0. The van der Waals surface area contributed by atoms with E-state index in [-0.39, 0.29) is 12.5 Å². The lowest BCUT2D eigenvalue weighted by atomic mass is 10.2. The Morgan fingerprint density at radius 3 is 2.57 bits per heavy atom. The average Bonchev–Trinajstić information content (AvgIpc) is 3.01. The second kappa shape index (κ2) is 10.3. The number of amides is 1. The number of hydrazone groups is 1. The molecule has 0 aliphatic heterocycles. The van der Waals surface area contributed by atoms with Crippen molar-refractivity contribution in [3.05, 3.63) is 75.1 Å². The first-order valence-electron chi connectivity index (χ1n) is 9.61. The maximum absolute atomic E-state index is 12.0. The number of nitrogens with zero attached hydrogens (tertiary/aromatic N) is 2. The molecule has 0 atom stereocenters. The predicted molar refractivity (Wildman–Crippen MR) is 127 cm³/mol. The van der Waals surface area contributed by atoms with Gasteiger partial charge in [-0.1, -0.05) is 12.1 Å². The first kappa shape index (κ1) is 21.9. The molecule has 0 spiro atoms.